The van der Waals surface area contributed by atoms with E-state index >= 15 is 0 Å². The van der Waals surface area contributed by atoms with Crippen LogP contribution in [0.15, 0.2) is 33.1 Å². The van der Waals surface area contributed by atoms with Crippen LogP contribution in [0.25, 0.3) is 0 Å². The summed E-state index contributed by atoms with van der Waals surface area (Å²) >= 11 is 10.4. The van der Waals surface area contributed by atoms with E-state index < -0.39 is 0 Å². The highest BCUT2D eigenvalue weighted by Crippen LogP contribution is 2.17. The summed E-state index contributed by atoms with van der Waals surface area (Å²) < 4.78 is 0.890. The van der Waals surface area contributed by atoms with Crippen LogP contribution in [0, 0.1) is 0 Å². The summed E-state index contributed by atoms with van der Waals surface area (Å²) in [5.74, 6) is 0.825. The second kappa shape index (κ2) is 5.62. The van der Waals surface area contributed by atoms with Crippen molar-refractivity contribution in [1.82, 2.24) is 9.97 Å². The van der Waals surface area contributed by atoms with Gasteiger partial charge in [-0.05, 0) is 22.9 Å². The summed E-state index contributed by atoms with van der Waals surface area (Å²) in [5.41, 5.74) is 2.68. The normalized spacial score (nSPS) is 11.8. The fraction of sp³-hybridized carbons (Fsp3) is 0.250. The van der Waals surface area contributed by atoms with Crippen molar-refractivity contribution < 1.29 is 0 Å². The number of thioether (sulfide) groups is 1. The lowest BCUT2D eigenvalue weighted by atomic mass is 10.4. The molecule has 0 unspecified atom stereocenters. The minimum absolute atomic E-state index is 0.765. The highest BCUT2D eigenvalue weighted by atomic mass is 79.9. The van der Waals surface area contributed by atoms with Crippen molar-refractivity contribution in [1.29, 1.82) is 0 Å². The Balaban J connectivity index is 2.51. The molecular weight excluding hydrogens is 272 g/mol. The third-order valence-corrected chi connectivity index (χ3v) is 3.06. The monoisotopic (exact) mass is 278 g/mol. The number of hydrogen-bond acceptors (Lipinski definition) is 3. The smallest absolute Gasteiger partial charge is 0.187 e. The molecule has 0 spiro atoms. The third-order valence-electron chi connectivity index (χ3n) is 1.21. The predicted octanol–water partition coefficient (Wildman–Crippen LogP) is 3.47. The molecule has 1 aromatic rings. The molecule has 1 rings (SSSR count). The average molecular weight is 280 g/mol. The molecule has 1 aromatic heterocycles. The van der Waals surface area contributed by atoms with E-state index in [1.807, 2.05) is 6.92 Å². The van der Waals surface area contributed by atoms with Crippen molar-refractivity contribution >= 4 is 39.3 Å². The molecule has 0 saturated carbocycles. The molecule has 0 aliphatic rings. The van der Waals surface area contributed by atoms with Gasteiger partial charge < -0.3 is 0 Å². The van der Waals surface area contributed by atoms with E-state index in [4.69, 9.17) is 11.6 Å². The first-order valence-electron chi connectivity index (χ1n) is 3.58. The first kappa shape index (κ1) is 11.0. The van der Waals surface area contributed by atoms with Gasteiger partial charge in [0.25, 0.3) is 0 Å². The molecule has 0 saturated heterocycles. The topological polar surface area (TPSA) is 25.8 Å². The van der Waals surface area contributed by atoms with Crippen molar-refractivity contribution in [3.05, 3.63) is 28.0 Å². The van der Waals surface area contributed by atoms with Crippen LogP contribution in [0.4, 0.5) is 0 Å². The minimum Gasteiger partial charge on any atom is -0.230 e. The zero-order chi connectivity index (χ0) is 9.68. The molecule has 70 valence electrons. The summed E-state index contributed by atoms with van der Waals surface area (Å²) in [7, 11) is 0. The van der Waals surface area contributed by atoms with Crippen LogP contribution in [0.3, 0.4) is 0 Å². The molecule has 0 N–H and O–H groups in total. The van der Waals surface area contributed by atoms with E-state index in [0.29, 0.717) is 0 Å². The van der Waals surface area contributed by atoms with E-state index in [2.05, 4.69) is 25.9 Å². The first-order chi connectivity index (χ1) is 6.22. The summed E-state index contributed by atoms with van der Waals surface area (Å²) in [5, 5.41) is 0.765. The summed E-state index contributed by atoms with van der Waals surface area (Å²) in [6.45, 7) is 1.97. The maximum Gasteiger partial charge on any atom is 0.187 e. The Hall–Kier alpha value is -0.0600. The quantitative estimate of drug-likeness (QED) is 0.626. The summed E-state index contributed by atoms with van der Waals surface area (Å²) in [4.78, 5) is 8.24. The lowest BCUT2D eigenvalue weighted by Crippen LogP contribution is -1.87. The molecule has 0 fully saturated rings. The Morgan fingerprint density at radius 1 is 1.62 bits per heavy atom. The molecule has 0 atom stereocenters. The van der Waals surface area contributed by atoms with Gasteiger partial charge in [-0.3, -0.25) is 0 Å². The molecule has 0 amide bonds. The Kier molecular flexibility index (Phi) is 4.77. The highest BCUT2D eigenvalue weighted by Gasteiger charge is 1.97. The predicted molar refractivity (Wildman–Crippen MR) is 60.1 cm³/mol. The van der Waals surface area contributed by atoms with E-state index in [-0.39, 0.29) is 0 Å². The molecular formula is C8H8BrClN2S. The van der Waals surface area contributed by atoms with Crippen LogP contribution in [-0.2, 0) is 0 Å². The number of nitrogens with zero attached hydrogens (tertiary/aromatic N) is 2. The van der Waals surface area contributed by atoms with Crippen LogP contribution >= 0.6 is 39.3 Å². The lowest BCUT2D eigenvalue weighted by Gasteiger charge is -1.98. The molecule has 13 heavy (non-hydrogen) atoms. The van der Waals surface area contributed by atoms with Gasteiger partial charge in [-0.25, -0.2) is 9.97 Å². The van der Waals surface area contributed by atoms with Gasteiger partial charge in [-0.1, -0.05) is 28.9 Å². The van der Waals surface area contributed by atoms with Crippen LogP contribution < -0.4 is 0 Å². The molecule has 0 aromatic carbocycles. The first-order valence-corrected chi connectivity index (χ1v) is 5.80. The number of halogens is 2. The Labute approximate surface area is 94.9 Å². The molecule has 0 bridgehead atoms. The van der Waals surface area contributed by atoms with Gasteiger partial charge in [-0.15, -0.1) is 0 Å². The van der Waals surface area contributed by atoms with Gasteiger partial charge in [-0.2, -0.15) is 0 Å². The van der Waals surface area contributed by atoms with Gasteiger partial charge in [0.05, 0.1) is 4.47 Å². The van der Waals surface area contributed by atoms with Gasteiger partial charge in [0.15, 0.2) is 5.16 Å². The van der Waals surface area contributed by atoms with Gasteiger partial charge in [0.1, 0.15) is 0 Å². The summed E-state index contributed by atoms with van der Waals surface area (Å²) in [6, 6.07) is 0. The SMILES string of the molecule is C/C(=C\Cl)CSc1ncc(Br)cn1. The lowest BCUT2D eigenvalue weighted by molar-refractivity contribution is 0.959. The average Bonchev–Trinajstić information content (AvgIpc) is 2.16. The highest BCUT2D eigenvalue weighted by molar-refractivity contribution is 9.10. The van der Waals surface area contributed by atoms with Crippen molar-refractivity contribution in [3.63, 3.8) is 0 Å². The van der Waals surface area contributed by atoms with Crippen LogP contribution in [0.2, 0.25) is 0 Å². The fourth-order valence-corrected chi connectivity index (χ4v) is 1.65. The van der Waals surface area contributed by atoms with E-state index in [0.717, 1.165) is 21.0 Å². The largest absolute Gasteiger partial charge is 0.230 e. The molecule has 5 heteroatoms. The zero-order valence-electron chi connectivity index (χ0n) is 7.00. The maximum atomic E-state index is 5.52. The Morgan fingerprint density at radius 2 is 2.23 bits per heavy atom. The van der Waals surface area contributed by atoms with E-state index in [1.165, 1.54) is 0 Å². The second-order valence-electron chi connectivity index (χ2n) is 2.43. The molecule has 0 radical (unpaired) electrons. The van der Waals surface area contributed by atoms with Crippen LogP contribution in [-0.4, -0.2) is 15.7 Å². The molecule has 0 aliphatic heterocycles. The van der Waals surface area contributed by atoms with Crippen LogP contribution in [0.5, 0.6) is 0 Å². The minimum atomic E-state index is 0.765. The van der Waals surface area contributed by atoms with E-state index in [9.17, 15) is 0 Å². The Morgan fingerprint density at radius 3 is 2.77 bits per heavy atom. The summed E-state index contributed by atoms with van der Waals surface area (Å²) in [6.07, 6.45) is 3.46. The fourth-order valence-electron chi connectivity index (χ4n) is 0.585. The van der Waals surface area contributed by atoms with Crippen LogP contribution in [0.1, 0.15) is 6.92 Å². The second-order valence-corrected chi connectivity index (χ2v) is 4.50. The number of hydrogen-bond donors (Lipinski definition) is 0. The number of aromatic nitrogens is 2. The van der Waals surface area contributed by atoms with Gasteiger partial charge >= 0.3 is 0 Å². The maximum absolute atomic E-state index is 5.52. The standard InChI is InChI=1S/C8H8BrClN2S/c1-6(2-10)5-13-8-11-3-7(9)4-12-8/h2-4H,5H2,1H3/b6-2+. The molecule has 2 nitrogen and oxygen atoms in total. The van der Waals surface area contributed by atoms with Crippen molar-refractivity contribution in [2.45, 2.75) is 12.1 Å². The number of rotatable bonds is 3. The Bertz CT molecular complexity index is 300. The van der Waals surface area contributed by atoms with Gasteiger partial charge in [0.2, 0.25) is 0 Å². The third kappa shape index (κ3) is 4.11. The van der Waals surface area contributed by atoms with E-state index in [1.54, 1.807) is 29.7 Å². The van der Waals surface area contributed by atoms with Crippen molar-refractivity contribution in [3.8, 4) is 0 Å². The molecule has 0 aliphatic carbocycles. The molecule has 1 heterocycles. The zero-order valence-corrected chi connectivity index (χ0v) is 10.2. The van der Waals surface area contributed by atoms with Crippen molar-refractivity contribution in [2.24, 2.45) is 0 Å². The van der Waals surface area contributed by atoms with Crippen molar-refractivity contribution in [2.75, 3.05) is 5.75 Å². The van der Waals surface area contributed by atoms with Gasteiger partial charge in [0, 0.05) is 23.7 Å².